The first-order valence-corrected chi connectivity index (χ1v) is 8.55. The molecule has 27 heavy (non-hydrogen) atoms. The van der Waals surface area contributed by atoms with Crippen LogP contribution in [0.3, 0.4) is 0 Å². The molecule has 0 saturated carbocycles. The Hall–Kier alpha value is -2.87. The van der Waals surface area contributed by atoms with Crippen LogP contribution in [0, 0.1) is 17.5 Å². The summed E-state index contributed by atoms with van der Waals surface area (Å²) in [6.45, 7) is 2.07. The van der Waals surface area contributed by atoms with Crippen LogP contribution >= 0.6 is 0 Å². The maximum atomic E-state index is 13.3. The Bertz CT molecular complexity index is 814. The molecule has 0 aliphatic carbocycles. The molecule has 2 aromatic carbocycles. The Morgan fingerprint density at radius 3 is 2.11 bits per heavy atom. The van der Waals surface area contributed by atoms with E-state index in [-0.39, 0.29) is 23.8 Å². The van der Waals surface area contributed by atoms with Crippen molar-refractivity contribution in [2.45, 2.75) is 0 Å². The molecule has 2 aromatic rings. The molecule has 0 atom stereocenters. The van der Waals surface area contributed by atoms with Gasteiger partial charge in [-0.05, 0) is 36.4 Å². The molecule has 1 saturated heterocycles. The van der Waals surface area contributed by atoms with Gasteiger partial charge in [-0.3, -0.25) is 9.59 Å². The fraction of sp³-hybridized carbons (Fsp3) is 0.263. The fourth-order valence-electron chi connectivity index (χ4n) is 3.03. The fourth-order valence-corrected chi connectivity index (χ4v) is 3.03. The second kappa shape index (κ2) is 8.22. The van der Waals surface area contributed by atoms with E-state index in [1.165, 1.54) is 29.2 Å². The number of halogens is 3. The van der Waals surface area contributed by atoms with Crippen LogP contribution in [0.2, 0.25) is 0 Å². The van der Waals surface area contributed by atoms with E-state index < -0.39 is 17.5 Å². The second-order valence-corrected chi connectivity index (χ2v) is 6.43. The Kier molecular flexibility index (Phi) is 5.75. The van der Waals surface area contributed by atoms with E-state index >= 15 is 0 Å². The predicted molar refractivity (Wildman–Crippen MR) is 92.9 cm³/mol. The van der Waals surface area contributed by atoms with Gasteiger partial charge in [0.2, 0.25) is 0 Å². The van der Waals surface area contributed by atoms with Crippen molar-refractivity contribution in [2.75, 3.05) is 38.0 Å². The third-order valence-electron chi connectivity index (χ3n) is 4.41. The zero-order chi connectivity index (χ0) is 19.4. The lowest BCUT2D eigenvalue weighted by Gasteiger charge is -2.32. The van der Waals surface area contributed by atoms with Gasteiger partial charge in [-0.25, -0.2) is 13.2 Å². The van der Waals surface area contributed by atoms with Crippen LogP contribution in [0.25, 0.3) is 0 Å². The smallest absolute Gasteiger partial charge is 0.279 e. The molecule has 1 aliphatic rings. The van der Waals surface area contributed by atoms with E-state index in [2.05, 4.69) is 5.32 Å². The van der Waals surface area contributed by atoms with Crippen LogP contribution in [-0.4, -0.2) is 49.4 Å². The lowest BCUT2D eigenvalue weighted by molar-refractivity contribution is -0.895. The van der Waals surface area contributed by atoms with Crippen molar-refractivity contribution in [1.82, 2.24) is 4.90 Å². The third kappa shape index (κ3) is 5.07. The van der Waals surface area contributed by atoms with E-state index in [0.717, 1.165) is 23.1 Å². The van der Waals surface area contributed by atoms with Crippen LogP contribution in [0.1, 0.15) is 10.4 Å². The van der Waals surface area contributed by atoms with E-state index in [4.69, 9.17) is 0 Å². The summed E-state index contributed by atoms with van der Waals surface area (Å²) in [5, 5.41) is 2.70. The van der Waals surface area contributed by atoms with E-state index in [1.54, 1.807) is 0 Å². The van der Waals surface area contributed by atoms with E-state index in [9.17, 15) is 22.8 Å². The molecule has 1 aliphatic heterocycles. The minimum atomic E-state index is -0.792. The highest BCUT2D eigenvalue weighted by atomic mass is 19.1. The minimum absolute atomic E-state index is 0.0231. The number of nitrogens with zero attached hydrogens (tertiary/aromatic N) is 1. The maximum absolute atomic E-state index is 13.3. The average molecular weight is 378 g/mol. The second-order valence-electron chi connectivity index (χ2n) is 6.43. The number of amides is 2. The summed E-state index contributed by atoms with van der Waals surface area (Å²) in [4.78, 5) is 27.0. The van der Waals surface area contributed by atoms with Crippen molar-refractivity contribution in [3.8, 4) is 0 Å². The maximum Gasteiger partial charge on any atom is 0.279 e. The molecule has 0 spiro atoms. The van der Waals surface area contributed by atoms with Crippen LogP contribution in [-0.2, 0) is 4.79 Å². The number of nitrogens with one attached hydrogen (secondary N) is 2. The number of benzene rings is 2. The Morgan fingerprint density at radius 1 is 0.926 bits per heavy atom. The lowest BCUT2D eigenvalue weighted by Crippen LogP contribution is -3.15. The number of carbonyl (C=O) groups is 2. The van der Waals surface area contributed by atoms with Crippen LogP contribution in [0.5, 0.6) is 0 Å². The molecule has 0 aromatic heterocycles. The summed E-state index contributed by atoms with van der Waals surface area (Å²) < 4.78 is 39.4. The molecule has 1 fully saturated rings. The van der Waals surface area contributed by atoms with Gasteiger partial charge in [0.15, 0.2) is 6.54 Å². The normalized spacial score (nSPS) is 14.9. The van der Waals surface area contributed by atoms with Gasteiger partial charge in [-0.15, -0.1) is 0 Å². The van der Waals surface area contributed by atoms with Gasteiger partial charge < -0.3 is 15.1 Å². The summed E-state index contributed by atoms with van der Waals surface area (Å²) in [5.41, 5.74) is 0.493. The van der Waals surface area contributed by atoms with Gasteiger partial charge in [0.05, 0.1) is 26.2 Å². The minimum Gasteiger partial charge on any atom is -0.327 e. The molecule has 2 N–H and O–H groups in total. The molecule has 1 heterocycles. The topological polar surface area (TPSA) is 53.9 Å². The number of hydrogen-bond donors (Lipinski definition) is 2. The standard InChI is InChI=1S/C19H18F3N3O2/c20-14-1-3-17(4-2-14)23-18(26)12-24-5-7-25(8-6-24)19(27)13-9-15(21)11-16(22)10-13/h1-4,9-11H,5-8,12H2,(H,23,26)/p+1. The zero-order valence-corrected chi connectivity index (χ0v) is 14.5. The van der Waals surface area contributed by atoms with Gasteiger partial charge in [-0.2, -0.15) is 0 Å². The number of carbonyl (C=O) groups excluding carboxylic acids is 2. The molecule has 2 amide bonds. The van der Waals surface area contributed by atoms with Gasteiger partial charge in [-0.1, -0.05) is 0 Å². The summed E-state index contributed by atoms with van der Waals surface area (Å²) in [6.07, 6.45) is 0. The number of quaternary nitrogens is 1. The van der Waals surface area contributed by atoms with Crippen molar-refractivity contribution in [2.24, 2.45) is 0 Å². The Balaban J connectivity index is 1.50. The van der Waals surface area contributed by atoms with Crippen molar-refractivity contribution in [3.05, 3.63) is 65.5 Å². The molecular weight excluding hydrogens is 359 g/mol. The molecule has 142 valence electrons. The highest BCUT2D eigenvalue weighted by Crippen LogP contribution is 2.11. The van der Waals surface area contributed by atoms with Crippen LogP contribution in [0.15, 0.2) is 42.5 Å². The first-order chi connectivity index (χ1) is 12.9. The van der Waals surface area contributed by atoms with Crippen molar-refractivity contribution in [3.63, 3.8) is 0 Å². The van der Waals surface area contributed by atoms with E-state index in [0.29, 0.717) is 31.9 Å². The summed E-state index contributed by atoms with van der Waals surface area (Å²) in [6, 6.07) is 8.25. The molecule has 0 bridgehead atoms. The van der Waals surface area contributed by atoms with Crippen LogP contribution < -0.4 is 10.2 Å². The molecule has 5 nitrogen and oxygen atoms in total. The highest BCUT2D eigenvalue weighted by Gasteiger charge is 2.26. The Labute approximate surface area is 154 Å². The van der Waals surface area contributed by atoms with Crippen molar-refractivity contribution in [1.29, 1.82) is 0 Å². The molecule has 3 rings (SSSR count). The van der Waals surface area contributed by atoms with Gasteiger partial charge >= 0.3 is 0 Å². The lowest BCUT2D eigenvalue weighted by atomic mass is 10.1. The molecule has 8 heteroatoms. The summed E-state index contributed by atoms with van der Waals surface area (Å²) >= 11 is 0. The molecule has 0 radical (unpaired) electrons. The monoisotopic (exact) mass is 378 g/mol. The highest BCUT2D eigenvalue weighted by molar-refractivity contribution is 5.94. The van der Waals surface area contributed by atoms with Crippen molar-refractivity contribution >= 4 is 17.5 Å². The number of rotatable bonds is 4. The van der Waals surface area contributed by atoms with Crippen LogP contribution in [0.4, 0.5) is 18.9 Å². The summed E-state index contributed by atoms with van der Waals surface area (Å²) in [5.74, 6) is -2.59. The largest absolute Gasteiger partial charge is 0.327 e. The van der Waals surface area contributed by atoms with Gasteiger partial charge in [0.25, 0.3) is 11.8 Å². The SMILES string of the molecule is O=C(C[NH+]1CCN(C(=O)c2cc(F)cc(F)c2)CC1)Nc1ccc(F)cc1. The number of hydrogen-bond acceptors (Lipinski definition) is 2. The average Bonchev–Trinajstić information content (AvgIpc) is 2.63. The Morgan fingerprint density at radius 2 is 1.52 bits per heavy atom. The predicted octanol–water partition coefficient (Wildman–Crippen LogP) is 1.08. The summed E-state index contributed by atoms with van der Waals surface area (Å²) in [7, 11) is 0. The number of anilines is 1. The van der Waals surface area contributed by atoms with Crippen molar-refractivity contribution < 1.29 is 27.7 Å². The third-order valence-corrected chi connectivity index (χ3v) is 4.41. The van der Waals surface area contributed by atoms with E-state index in [1.807, 2.05) is 0 Å². The van der Waals surface area contributed by atoms with Gasteiger partial charge in [0.1, 0.15) is 17.5 Å². The first-order valence-electron chi connectivity index (χ1n) is 8.55. The van der Waals surface area contributed by atoms with Gasteiger partial charge in [0, 0.05) is 17.3 Å². The molecule has 0 unspecified atom stereocenters. The molecular formula is C19H19F3N3O2+. The quantitative estimate of drug-likeness (QED) is 0.837. The number of piperazine rings is 1. The zero-order valence-electron chi connectivity index (χ0n) is 14.5. The first kappa shape index (κ1) is 18.9.